The van der Waals surface area contributed by atoms with Gasteiger partial charge in [-0.2, -0.15) is 0 Å². The molecule has 0 unspecified atom stereocenters. The Morgan fingerprint density at radius 3 is 2.78 bits per heavy atom. The number of imidazole rings is 1. The van der Waals surface area contributed by atoms with Gasteiger partial charge in [-0.3, -0.25) is 4.79 Å². The average Bonchev–Trinajstić information content (AvgIpc) is 3.31. The number of nitrogens with zero attached hydrogens (tertiary/aromatic N) is 2. The van der Waals surface area contributed by atoms with Crippen LogP contribution in [0.15, 0.2) is 66.0 Å². The summed E-state index contributed by atoms with van der Waals surface area (Å²) < 4.78 is 1.94. The molecule has 5 aromatic rings. The van der Waals surface area contributed by atoms with Crippen molar-refractivity contribution in [3.63, 3.8) is 0 Å². The molecule has 0 saturated heterocycles. The highest BCUT2D eigenvalue weighted by molar-refractivity contribution is 6.31. The maximum atomic E-state index is 12.6. The molecule has 0 fully saturated rings. The minimum Gasteiger partial charge on any atom is -0.353 e. The second kappa shape index (κ2) is 5.86. The van der Waals surface area contributed by atoms with Crippen molar-refractivity contribution in [1.29, 1.82) is 0 Å². The number of fused-ring (bicyclic) bond motifs is 3. The van der Waals surface area contributed by atoms with Crippen LogP contribution in [0.1, 0.15) is 5.56 Å². The Kier molecular flexibility index (Phi) is 3.45. The molecule has 3 aromatic heterocycles. The predicted molar refractivity (Wildman–Crippen MR) is 109 cm³/mol. The smallest absolute Gasteiger partial charge is 0.252 e. The normalized spacial score (nSPS) is 11.5. The molecule has 2 aromatic carbocycles. The molecular formula is C21H15ClN4O. The lowest BCUT2D eigenvalue weighted by Gasteiger charge is -2.10. The zero-order valence-corrected chi connectivity index (χ0v) is 15.2. The topological polar surface area (TPSA) is 66.5 Å². The summed E-state index contributed by atoms with van der Waals surface area (Å²) in [5, 5.41) is 1.54. The van der Waals surface area contributed by atoms with Crippen LogP contribution in [0.25, 0.3) is 38.8 Å². The highest BCUT2D eigenvalue weighted by Gasteiger charge is 2.16. The summed E-state index contributed by atoms with van der Waals surface area (Å²) in [4.78, 5) is 23.2. The third kappa shape index (κ3) is 2.47. The number of halogens is 1. The molecule has 2 N–H and O–H groups in total. The lowest BCUT2D eigenvalue weighted by Crippen LogP contribution is -2.11. The SMILES string of the molecule is Cc1c(-c2cccc(-n3ccnc3)c2)c2[nH]c3ccc(Cl)cc3c2[nH]c1=O. The summed E-state index contributed by atoms with van der Waals surface area (Å²) in [6, 6.07) is 13.7. The Balaban J connectivity index is 1.85. The van der Waals surface area contributed by atoms with Crippen LogP contribution in [0.4, 0.5) is 0 Å². The largest absolute Gasteiger partial charge is 0.353 e. The number of H-pyrrole nitrogens is 2. The van der Waals surface area contributed by atoms with Gasteiger partial charge in [-0.05, 0) is 42.8 Å². The van der Waals surface area contributed by atoms with E-state index in [1.165, 1.54) is 0 Å². The van der Waals surface area contributed by atoms with Crippen molar-refractivity contribution in [2.24, 2.45) is 0 Å². The molecule has 5 rings (SSSR count). The molecule has 0 aliphatic heterocycles. The van der Waals surface area contributed by atoms with E-state index in [1.807, 2.05) is 54.1 Å². The van der Waals surface area contributed by atoms with Gasteiger partial charge in [-0.25, -0.2) is 4.98 Å². The maximum absolute atomic E-state index is 12.6. The van der Waals surface area contributed by atoms with E-state index in [9.17, 15) is 4.79 Å². The summed E-state index contributed by atoms with van der Waals surface area (Å²) in [5.41, 5.74) is 6.00. The first-order chi connectivity index (χ1) is 13.1. The summed E-state index contributed by atoms with van der Waals surface area (Å²) in [5.74, 6) is 0. The van der Waals surface area contributed by atoms with Gasteiger partial charge < -0.3 is 14.5 Å². The monoisotopic (exact) mass is 374 g/mol. The van der Waals surface area contributed by atoms with Gasteiger partial charge in [0.25, 0.3) is 5.56 Å². The van der Waals surface area contributed by atoms with Crippen LogP contribution < -0.4 is 5.56 Å². The zero-order valence-electron chi connectivity index (χ0n) is 14.5. The van der Waals surface area contributed by atoms with Crippen molar-refractivity contribution in [2.75, 3.05) is 0 Å². The summed E-state index contributed by atoms with van der Waals surface area (Å²) in [7, 11) is 0. The number of benzene rings is 2. The van der Waals surface area contributed by atoms with Gasteiger partial charge in [0.05, 0.1) is 17.4 Å². The second-order valence-electron chi connectivity index (χ2n) is 6.54. The first kappa shape index (κ1) is 15.9. The van der Waals surface area contributed by atoms with Gasteiger partial charge in [-0.1, -0.05) is 23.7 Å². The van der Waals surface area contributed by atoms with E-state index in [0.717, 1.165) is 38.8 Å². The van der Waals surface area contributed by atoms with Crippen LogP contribution in [0, 0.1) is 6.92 Å². The Morgan fingerprint density at radius 2 is 1.96 bits per heavy atom. The van der Waals surface area contributed by atoms with Crippen molar-refractivity contribution in [1.82, 2.24) is 19.5 Å². The highest BCUT2D eigenvalue weighted by atomic mass is 35.5. The Morgan fingerprint density at radius 1 is 1.07 bits per heavy atom. The molecule has 6 heteroatoms. The zero-order chi connectivity index (χ0) is 18.5. The number of hydrogen-bond donors (Lipinski definition) is 2. The second-order valence-corrected chi connectivity index (χ2v) is 6.98. The standard InChI is InChI=1S/C21H15ClN4O/c1-12-18(13-3-2-4-15(9-13)26-8-7-23-11-26)20-19(25-21(12)27)16-10-14(22)5-6-17(16)24-20/h2-11,24H,1H3,(H,25,27). The van der Waals surface area contributed by atoms with E-state index < -0.39 is 0 Å². The first-order valence-electron chi connectivity index (χ1n) is 8.54. The van der Waals surface area contributed by atoms with Crippen molar-refractivity contribution in [3.05, 3.63) is 82.1 Å². The molecule has 0 amide bonds. The van der Waals surface area contributed by atoms with Crippen LogP contribution >= 0.6 is 11.6 Å². The van der Waals surface area contributed by atoms with E-state index in [-0.39, 0.29) is 5.56 Å². The molecule has 0 spiro atoms. The van der Waals surface area contributed by atoms with Crippen molar-refractivity contribution < 1.29 is 0 Å². The van der Waals surface area contributed by atoms with Gasteiger partial charge >= 0.3 is 0 Å². The van der Waals surface area contributed by atoms with Crippen LogP contribution in [-0.2, 0) is 0 Å². The number of pyridine rings is 1. The highest BCUT2D eigenvalue weighted by Crippen LogP contribution is 2.34. The molecule has 0 aliphatic rings. The molecular weight excluding hydrogens is 360 g/mol. The lowest BCUT2D eigenvalue weighted by atomic mass is 9.99. The first-order valence-corrected chi connectivity index (χ1v) is 8.92. The average molecular weight is 375 g/mol. The number of nitrogens with one attached hydrogen (secondary N) is 2. The van der Waals surface area contributed by atoms with E-state index in [2.05, 4.69) is 21.0 Å². The van der Waals surface area contributed by atoms with Gasteiger partial charge in [-0.15, -0.1) is 0 Å². The van der Waals surface area contributed by atoms with E-state index >= 15 is 0 Å². The maximum Gasteiger partial charge on any atom is 0.252 e. The molecule has 132 valence electrons. The minimum atomic E-state index is -0.105. The van der Waals surface area contributed by atoms with E-state index in [1.54, 1.807) is 12.5 Å². The summed E-state index contributed by atoms with van der Waals surface area (Å²) in [6.45, 7) is 1.84. The number of aromatic nitrogens is 4. The molecule has 0 atom stereocenters. The van der Waals surface area contributed by atoms with Crippen LogP contribution in [-0.4, -0.2) is 19.5 Å². The third-order valence-electron chi connectivity index (χ3n) is 4.90. The van der Waals surface area contributed by atoms with Crippen LogP contribution in [0.5, 0.6) is 0 Å². The summed E-state index contributed by atoms with van der Waals surface area (Å²) in [6.07, 6.45) is 5.39. The Labute approximate surface area is 159 Å². The third-order valence-corrected chi connectivity index (χ3v) is 5.14. The van der Waals surface area contributed by atoms with E-state index in [0.29, 0.717) is 10.6 Å². The lowest BCUT2D eigenvalue weighted by molar-refractivity contribution is 1.06. The minimum absolute atomic E-state index is 0.105. The van der Waals surface area contributed by atoms with Gasteiger partial charge in [0.15, 0.2) is 0 Å². The van der Waals surface area contributed by atoms with Gasteiger partial charge in [0, 0.05) is 45.1 Å². The number of aromatic amines is 2. The van der Waals surface area contributed by atoms with Gasteiger partial charge in [0.2, 0.25) is 0 Å². The molecule has 0 saturated carbocycles. The molecule has 5 nitrogen and oxygen atoms in total. The van der Waals surface area contributed by atoms with Crippen molar-refractivity contribution in [3.8, 4) is 16.8 Å². The quantitative estimate of drug-likeness (QED) is 0.465. The molecule has 0 bridgehead atoms. The molecule has 0 radical (unpaired) electrons. The molecule has 0 aliphatic carbocycles. The van der Waals surface area contributed by atoms with Gasteiger partial charge in [0.1, 0.15) is 0 Å². The predicted octanol–water partition coefficient (Wildman–Crippen LogP) is 4.82. The van der Waals surface area contributed by atoms with Crippen molar-refractivity contribution >= 4 is 33.5 Å². The number of rotatable bonds is 2. The van der Waals surface area contributed by atoms with Crippen molar-refractivity contribution in [2.45, 2.75) is 6.92 Å². The Bertz CT molecular complexity index is 1360. The van der Waals surface area contributed by atoms with E-state index in [4.69, 9.17) is 11.6 Å². The fraction of sp³-hybridized carbons (Fsp3) is 0.0476. The number of hydrogen-bond acceptors (Lipinski definition) is 2. The fourth-order valence-corrected chi connectivity index (χ4v) is 3.76. The molecule has 3 heterocycles. The molecule has 27 heavy (non-hydrogen) atoms. The fourth-order valence-electron chi connectivity index (χ4n) is 3.58. The Hall–Kier alpha value is -3.31. The summed E-state index contributed by atoms with van der Waals surface area (Å²) >= 11 is 6.17. The van der Waals surface area contributed by atoms with Crippen LogP contribution in [0.3, 0.4) is 0 Å². The van der Waals surface area contributed by atoms with Crippen LogP contribution in [0.2, 0.25) is 5.02 Å².